The predicted octanol–water partition coefficient (Wildman–Crippen LogP) is 0.552. The minimum absolute atomic E-state index is 0.0207. The summed E-state index contributed by atoms with van der Waals surface area (Å²) in [5.41, 5.74) is 6.03. The van der Waals surface area contributed by atoms with Gasteiger partial charge in [0.25, 0.3) is 0 Å². The molecule has 0 atom stereocenters. The minimum Gasteiger partial charge on any atom is -0.486 e. The third-order valence-corrected chi connectivity index (χ3v) is 1.95. The smallest absolute Gasteiger partial charge is 0.173 e. The van der Waals surface area contributed by atoms with Crippen LogP contribution in [0, 0.1) is 0 Å². The summed E-state index contributed by atoms with van der Waals surface area (Å²) in [5, 5.41) is 11.5. The molecule has 0 amide bonds. The number of hydrogen-bond acceptors (Lipinski definition) is 4. The van der Waals surface area contributed by atoms with Gasteiger partial charge < -0.3 is 20.4 Å². The average molecular weight is 194 g/mol. The van der Waals surface area contributed by atoms with Gasteiger partial charge in [-0.3, -0.25) is 0 Å². The molecule has 5 nitrogen and oxygen atoms in total. The highest BCUT2D eigenvalue weighted by molar-refractivity contribution is 6.00. The van der Waals surface area contributed by atoms with Gasteiger partial charge in [-0.05, 0) is 12.1 Å². The lowest BCUT2D eigenvalue weighted by atomic mass is 10.1. The Balaban J connectivity index is 2.50. The normalized spacial score (nSPS) is 15.3. The van der Waals surface area contributed by atoms with E-state index in [1.165, 1.54) is 0 Å². The Hall–Kier alpha value is -1.91. The van der Waals surface area contributed by atoms with Gasteiger partial charge in [-0.2, -0.15) is 0 Å². The minimum atomic E-state index is 0.0207. The van der Waals surface area contributed by atoms with Crippen molar-refractivity contribution < 1.29 is 14.7 Å². The molecule has 0 unspecified atom stereocenters. The zero-order valence-corrected chi connectivity index (χ0v) is 7.43. The first-order valence-corrected chi connectivity index (χ1v) is 4.19. The van der Waals surface area contributed by atoms with Crippen LogP contribution in [0.15, 0.2) is 23.4 Å². The largest absolute Gasteiger partial charge is 0.486 e. The lowest BCUT2D eigenvalue weighted by Gasteiger charge is -2.20. The van der Waals surface area contributed by atoms with Gasteiger partial charge in [0.1, 0.15) is 13.2 Å². The maximum atomic E-state index is 8.56. The highest BCUT2D eigenvalue weighted by atomic mass is 16.6. The second kappa shape index (κ2) is 3.45. The molecule has 1 aromatic carbocycles. The number of hydrogen-bond donors (Lipinski definition) is 2. The van der Waals surface area contributed by atoms with Crippen molar-refractivity contribution in [1.29, 1.82) is 0 Å². The maximum absolute atomic E-state index is 8.56. The molecule has 0 saturated heterocycles. The van der Waals surface area contributed by atoms with E-state index >= 15 is 0 Å². The van der Waals surface area contributed by atoms with Crippen LogP contribution in [0.25, 0.3) is 0 Å². The number of benzene rings is 1. The Morgan fingerprint density at radius 2 is 2.14 bits per heavy atom. The molecule has 0 radical (unpaired) electrons. The second-order valence-corrected chi connectivity index (χ2v) is 2.81. The molecule has 5 heteroatoms. The fourth-order valence-corrected chi connectivity index (χ4v) is 1.33. The highest BCUT2D eigenvalue weighted by Crippen LogP contribution is 2.33. The van der Waals surface area contributed by atoms with Crippen LogP contribution in [0.1, 0.15) is 5.56 Å². The molecular formula is C9H10N2O3. The molecular weight excluding hydrogens is 184 g/mol. The maximum Gasteiger partial charge on any atom is 0.173 e. The zero-order chi connectivity index (χ0) is 9.97. The van der Waals surface area contributed by atoms with Gasteiger partial charge in [-0.15, -0.1) is 0 Å². The van der Waals surface area contributed by atoms with Gasteiger partial charge in [0.2, 0.25) is 0 Å². The van der Waals surface area contributed by atoms with Crippen LogP contribution in [0.4, 0.5) is 0 Å². The van der Waals surface area contributed by atoms with Crippen molar-refractivity contribution >= 4 is 5.84 Å². The summed E-state index contributed by atoms with van der Waals surface area (Å²) in [6.07, 6.45) is 0. The lowest BCUT2D eigenvalue weighted by Crippen LogP contribution is -2.20. The molecule has 1 aliphatic rings. The van der Waals surface area contributed by atoms with Crippen LogP contribution < -0.4 is 15.2 Å². The first kappa shape index (κ1) is 8.68. The SMILES string of the molecule is N/C(=N\O)c1cccc2c1OCCO2. The molecule has 74 valence electrons. The van der Waals surface area contributed by atoms with Crippen molar-refractivity contribution in [1.82, 2.24) is 0 Å². The van der Waals surface area contributed by atoms with Gasteiger partial charge in [0.15, 0.2) is 17.3 Å². The summed E-state index contributed by atoms with van der Waals surface area (Å²) in [5.74, 6) is 1.18. The number of nitrogens with two attached hydrogens (primary N) is 1. The summed E-state index contributed by atoms with van der Waals surface area (Å²) in [6.45, 7) is 0.995. The van der Waals surface area contributed by atoms with E-state index in [2.05, 4.69) is 5.16 Å². The van der Waals surface area contributed by atoms with Crippen LogP contribution in [-0.4, -0.2) is 24.3 Å². The molecule has 0 spiro atoms. The van der Waals surface area contributed by atoms with E-state index in [0.717, 1.165) is 0 Å². The molecule has 0 aromatic heterocycles. The summed E-state index contributed by atoms with van der Waals surface area (Å²) in [7, 11) is 0. The predicted molar refractivity (Wildman–Crippen MR) is 49.9 cm³/mol. The Morgan fingerprint density at radius 1 is 1.36 bits per heavy atom. The molecule has 1 aliphatic heterocycles. The lowest BCUT2D eigenvalue weighted by molar-refractivity contribution is 0.171. The van der Waals surface area contributed by atoms with Gasteiger partial charge in [-0.1, -0.05) is 11.2 Å². The van der Waals surface area contributed by atoms with Crippen molar-refractivity contribution in [2.75, 3.05) is 13.2 Å². The first-order valence-electron chi connectivity index (χ1n) is 4.19. The Morgan fingerprint density at radius 3 is 2.93 bits per heavy atom. The van der Waals surface area contributed by atoms with Gasteiger partial charge in [-0.25, -0.2) is 0 Å². The molecule has 14 heavy (non-hydrogen) atoms. The first-order chi connectivity index (χ1) is 6.83. The Labute approximate surface area is 80.7 Å². The van der Waals surface area contributed by atoms with Crippen LogP contribution in [0.3, 0.4) is 0 Å². The van der Waals surface area contributed by atoms with Gasteiger partial charge in [0, 0.05) is 0 Å². The third-order valence-electron chi connectivity index (χ3n) is 1.95. The van der Waals surface area contributed by atoms with Crippen molar-refractivity contribution in [2.45, 2.75) is 0 Å². The number of fused-ring (bicyclic) bond motifs is 1. The Kier molecular flexibility index (Phi) is 2.14. The monoisotopic (exact) mass is 194 g/mol. The van der Waals surface area contributed by atoms with E-state index in [1.807, 2.05) is 0 Å². The third kappa shape index (κ3) is 1.32. The number of oxime groups is 1. The van der Waals surface area contributed by atoms with Crippen LogP contribution in [0.2, 0.25) is 0 Å². The van der Waals surface area contributed by atoms with Crippen molar-refractivity contribution in [3.8, 4) is 11.5 Å². The topological polar surface area (TPSA) is 77.1 Å². The van der Waals surface area contributed by atoms with Crippen LogP contribution >= 0.6 is 0 Å². The van der Waals surface area contributed by atoms with Crippen molar-refractivity contribution in [2.24, 2.45) is 10.9 Å². The van der Waals surface area contributed by atoms with E-state index in [9.17, 15) is 0 Å². The van der Waals surface area contributed by atoms with Crippen LogP contribution in [-0.2, 0) is 0 Å². The number of ether oxygens (including phenoxy) is 2. The van der Waals surface area contributed by atoms with E-state index in [-0.39, 0.29) is 5.84 Å². The molecule has 1 aromatic rings. The summed E-state index contributed by atoms with van der Waals surface area (Å²) in [4.78, 5) is 0. The Bertz CT molecular complexity index is 376. The van der Waals surface area contributed by atoms with Crippen LogP contribution in [0.5, 0.6) is 11.5 Å². The average Bonchev–Trinajstić information content (AvgIpc) is 2.27. The number of rotatable bonds is 1. The molecule has 3 N–H and O–H groups in total. The van der Waals surface area contributed by atoms with Crippen molar-refractivity contribution in [3.63, 3.8) is 0 Å². The zero-order valence-electron chi connectivity index (χ0n) is 7.43. The van der Waals surface area contributed by atoms with Gasteiger partial charge >= 0.3 is 0 Å². The molecule has 0 saturated carbocycles. The van der Waals surface area contributed by atoms with E-state index in [4.69, 9.17) is 20.4 Å². The summed E-state index contributed by atoms with van der Waals surface area (Å²) < 4.78 is 10.7. The summed E-state index contributed by atoms with van der Waals surface area (Å²) >= 11 is 0. The fourth-order valence-electron chi connectivity index (χ4n) is 1.33. The van der Waals surface area contributed by atoms with E-state index < -0.39 is 0 Å². The number of nitrogens with zero attached hydrogens (tertiary/aromatic N) is 1. The fraction of sp³-hybridized carbons (Fsp3) is 0.222. The highest BCUT2D eigenvalue weighted by Gasteiger charge is 2.17. The van der Waals surface area contributed by atoms with E-state index in [0.29, 0.717) is 30.3 Å². The summed E-state index contributed by atoms with van der Waals surface area (Å²) in [6, 6.07) is 5.26. The molecule has 1 heterocycles. The quantitative estimate of drug-likeness (QED) is 0.296. The van der Waals surface area contributed by atoms with E-state index in [1.54, 1.807) is 18.2 Å². The standard InChI is InChI=1S/C9H10N2O3/c10-9(11-12)6-2-1-3-7-8(6)14-5-4-13-7/h1-3,12H,4-5H2,(H2,10,11). The molecule has 0 fully saturated rings. The number of para-hydroxylation sites is 1. The molecule has 0 bridgehead atoms. The number of amidine groups is 1. The second-order valence-electron chi connectivity index (χ2n) is 2.81. The van der Waals surface area contributed by atoms with Crippen molar-refractivity contribution in [3.05, 3.63) is 23.8 Å². The molecule has 2 rings (SSSR count). The molecule has 0 aliphatic carbocycles. The van der Waals surface area contributed by atoms with Gasteiger partial charge in [0.05, 0.1) is 5.56 Å².